The molecule has 0 saturated carbocycles. The lowest BCUT2D eigenvalue weighted by molar-refractivity contribution is 0.0998. The predicted octanol–water partition coefficient (Wildman–Crippen LogP) is 4.20. The van der Waals surface area contributed by atoms with Crippen LogP contribution in [0.4, 0.5) is 10.1 Å². The Labute approximate surface area is 176 Å². The smallest absolute Gasteiger partial charge is 0.170 e. The minimum Gasteiger partial charge on any atom is -0.488 e. The van der Waals surface area contributed by atoms with E-state index in [1.165, 1.54) is 18.2 Å². The van der Waals surface area contributed by atoms with Crippen LogP contribution in [0.5, 0.6) is 5.75 Å². The van der Waals surface area contributed by atoms with Gasteiger partial charge in [-0.3, -0.25) is 14.8 Å². The molecule has 3 heterocycles. The van der Waals surface area contributed by atoms with Crippen molar-refractivity contribution in [1.29, 1.82) is 0 Å². The van der Waals surface area contributed by atoms with Gasteiger partial charge in [-0.25, -0.2) is 4.39 Å². The quantitative estimate of drug-likeness (QED) is 0.606. The number of aryl methyl sites for hydroxylation is 1. The van der Waals surface area contributed by atoms with Gasteiger partial charge in [0.15, 0.2) is 11.5 Å². The summed E-state index contributed by atoms with van der Waals surface area (Å²) in [6.07, 6.45) is 1.75. The number of benzene rings is 1. The highest BCUT2D eigenvalue weighted by molar-refractivity contribution is 6.30. The fourth-order valence-corrected chi connectivity index (χ4v) is 3.25. The number of ketones is 1. The van der Waals surface area contributed by atoms with Gasteiger partial charge in [0.25, 0.3) is 0 Å². The summed E-state index contributed by atoms with van der Waals surface area (Å²) in [4.78, 5) is 21.6. The van der Waals surface area contributed by atoms with Gasteiger partial charge in [0.1, 0.15) is 18.2 Å². The maximum absolute atomic E-state index is 13.3. The number of pyridine rings is 1. The Morgan fingerprint density at radius 1 is 1.27 bits per heavy atom. The monoisotopic (exact) mass is 428 g/mol. The lowest BCUT2D eigenvalue weighted by Crippen LogP contribution is -2.21. The topological polar surface area (TPSA) is 89.6 Å². The number of aliphatic imine (C=N–C) groups is 1. The molecule has 2 aromatic heterocycles. The molecule has 1 aliphatic rings. The number of nitrogens with one attached hydrogen (secondary N) is 1. The molecule has 1 aliphatic heterocycles. The molecule has 0 radical (unpaired) electrons. The Kier molecular flexibility index (Phi) is 5.87. The van der Waals surface area contributed by atoms with Crippen molar-refractivity contribution in [2.45, 2.75) is 26.4 Å². The van der Waals surface area contributed by atoms with E-state index in [0.717, 1.165) is 5.69 Å². The first-order chi connectivity index (χ1) is 14.5. The molecule has 3 aromatic rings. The highest BCUT2D eigenvalue weighted by Crippen LogP contribution is 2.29. The molecule has 9 heteroatoms. The van der Waals surface area contributed by atoms with Gasteiger partial charge in [-0.1, -0.05) is 16.8 Å². The standard InChI is InChI=1S/C21H18ClFN4O3/c1-12-6-15(30-27-12)9-24-10-19-21-16(4-5-25-19)20(28)7-13(26-21)11-29-14-2-3-18(23)17(22)8-14/h2-6,8,24H,7,9-11H2,1H3. The molecule has 0 unspecified atom stereocenters. The molecule has 0 aliphatic carbocycles. The molecule has 0 bridgehead atoms. The summed E-state index contributed by atoms with van der Waals surface area (Å²) >= 11 is 5.78. The lowest BCUT2D eigenvalue weighted by Gasteiger charge is -2.17. The van der Waals surface area contributed by atoms with Crippen LogP contribution in [0.15, 0.2) is 46.0 Å². The van der Waals surface area contributed by atoms with Gasteiger partial charge in [0.2, 0.25) is 0 Å². The first kappa shape index (κ1) is 20.2. The van der Waals surface area contributed by atoms with E-state index in [4.69, 9.17) is 20.9 Å². The van der Waals surface area contributed by atoms with Crippen molar-refractivity contribution in [1.82, 2.24) is 15.5 Å². The molecule has 154 valence electrons. The number of carbonyl (C=O) groups is 1. The third-order valence-corrected chi connectivity index (χ3v) is 4.79. The van der Waals surface area contributed by atoms with Gasteiger partial charge < -0.3 is 14.6 Å². The maximum Gasteiger partial charge on any atom is 0.170 e. The Morgan fingerprint density at radius 2 is 2.13 bits per heavy atom. The summed E-state index contributed by atoms with van der Waals surface area (Å²) in [5, 5.41) is 7.04. The van der Waals surface area contributed by atoms with Crippen molar-refractivity contribution in [3.8, 4) is 5.75 Å². The average Bonchev–Trinajstić information content (AvgIpc) is 3.14. The fraction of sp³-hybridized carbons (Fsp3) is 0.238. The van der Waals surface area contributed by atoms with Gasteiger partial charge in [-0.15, -0.1) is 0 Å². The van der Waals surface area contributed by atoms with E-state index in [9.17, 15) is 9.18 Å². The molecular weight excluding hydrogens is 411 g/mol. The van der Waals surface area contributed by atoms with E-state index in [-0.39, 0.29) is 23.8 Å². The summed E-state index contributed by atoms with van der Waals surface area (Å²) in [5.74, 6) is 0.541. The first-order valence-electron chi connectivity index (χ1n) is 9.28. The Balaban J connectivity index is 1.47. The molecule has 1 N–H and O–H groups in total. The molecule has 1 aromatic carbocycles. The Morgan fingerprint density at radius 3 is 2.90 bits per heavy atom. The maximum atomic E-state index is 13.3. The fourth-order valence-electron chi connectivity index (χ4n) is 3.07. The number of ether oxygens (including phenoxy) is 1. The molecule has 0 atom stereocenters. The second-order valence-corrected chi connectivity index (χ2v) is 7.24. The molecular formula is C21H18ClFN4O3. The van der Waals surface area contributed by atoms with Gasteiger partial charge >= 0.3 is 0 Å². The number of fused-ring (bicyclic) bond motifs is 1. The number of nitrogens with zero attached hydrogens (tertiary/aromatic N) is 3. The van der Waals surface area contributed by atoms with Crippen molar-refractivity contribution in [3.05, 3.63) is 70.1 Å². The average molecular weight is 429 g/mol. The number of aromatic nitrogens is 2. The molecule has 0 fully saturated rings. The number of hydrogen-bond donors (Lipinski definition) is 1. The van der Waals surface area contributed by atoms with Gasteiger partial charge in [-0.2, -0.15) is 0 Å². The largest absolute Gasteiger partial charge is 0.488 e. The second kappa shape index (κ2) is 8.73. The van der Waals surface area contributed by atoms with Gasteiger partial charge in [-0.05, 0) is 25.1 Å². The number of hydrogen-bond acceptors (Lipinski definition) is 7. The second-order valence-electron chi connectivity index (χ2n) is 6.83. The predicted molar refractivity (Wildman–Crippen MR) is 109 cm³/mol. The van der Waals surface area contributed by atoms with Crippen LogP contribution in [0.1, 0.15) is 33.9 Å². The van der Waals surface area contributed by atoms with E-state index in [1.54, 1.807) is 12.3 Å². The number of halogens is 2. The SMILES string of the molecule is Cc1cc(CNCc2nccc3c2N=C(COc2ccc(F)c(Cl)c2)CC3=O)on1. The van der Waals surface area contributed by atoms with E-state index in [2.05, 4.69) is 20.4 Å². The molecule has 7 nitrogen and oxygen atoms in total. The molecule has 0 saturated heterocycles. The van der Waals surface area contributed by atoms with Crippen molar-refractivity contribution >= 4 is 28.8 Å². The van der Waals surface area contributed by atoms with Crippen LogP contribution in [0.3, 0.4) is 0 Å². The zero-order valence-electron chi connectivity index (χ0n) is 16.1. The van der Waals surface area contributed by atoms with E-state index in [1.807, 2.05) is 13.0 Å². The van der Waals surface area contributed by atoms with Crippen molar-refractivity contribution in [3.63, 3.8) is 0 Å². The summed E-state index contributed by atoms with van der Waals surface area (Å²) in [7, 11) is 0. The third-order valence-electron chi connectivity index (χ3n) is 4.50. The molecule has 0 spiro atoms. The van der Waals surface area contributed by atoms with Crippen LogP contribution in [-0.4, -0.2) is 28.2 Å². The highest BCUT2D eigenvalue weighted by Gasteiger charge is 2.23. The zero-order chi connectivity index (χ0) is 21.1. The van der Waals surface area contributed by atoms with E-state index < -0.39 is 5.82 Å². The van der Waals surface area contributed by atoms with Crippen LogP contribution in [-0.2, 0) is 13.1 Å². The number of rotatable bonds is 7. The molecule has 0 amide bonds. The van der Waals surface area contributed by atoms with E-state index in [0.29, 0.717) is 47.3 Å². The van der Waals surface area contributed by atoms with Crippen LogP contribution in [0.25, 0.3) is 0 Å². The summed E-state index contributed by atoms with van der Waals surface area (Å²) < 4.78 is 24.1. The van der Waals surface area contributed by atoms with Gasteiger partial charge in [0, 0.05) is 30.4 Å². The Bertz CT molecular complexity index is 1130. The normalized spacial score (nSPS) is 13.2. The molecule has 30 heavy (non-hydrogen) atoms. The van der Waals surface area contributed by atoms with Gasteiger partial charge in [0.05, 0.1) is 40.8 Å². The van der Waals surface area contributed by atoms with Crippen molar-refractivity contribution in [2.75, 3.05) is 6.61 Å². The summed E-state index contributed by atoms with van der Waals surface area (Å²) in [5.41, 5.74) is 3.09. The van der Waals surface area contributed by atoms with Crippen molar-refractivity contribution < 1.29 is 18.4 Å². The number of carbonyl (C=O) groups excluding carboxylic acids is 1. The summed E-state index contributed by atoms with van der Waals surface area (Å²) in [6.45, 7) is 2.82. The van der Waals surface area contributed by atoms with Crippen LogP contribution in [0, 0.1) is 12.7 Å². The van der Waals surface area contributed by atoms with Crippen LogP contribution in [0.2, 0.25) is 5.02 Å². The minimum absolute atomic E-state index is 0.0287. The van der Waals surface area contributed by atoms with E-state index >= 15 is 0 Å². The summed E-state index contributed by atoms with van der Waals surface area (Å²) in [6, 6.07) is 7.60. The highest BCUT2D eigenvalue weighted by atomic mass is 35.5. The van der Waals surface area contributed by atoms with Crippen LogP contribution >= 0.6 is 11.6 Å². The molecule has 4 rings (SSSR count). The Hall–Kier alpha value is -3.10. The number of Topliss-reactive ketones (excluding diaryl/α,β-unsaturated/α-hetero) is 1. The minimum atomic E-state index is -0.521. The zero-order valence-corrected chi connectivity index (χ0v) is 16.9. The van der Waals surface area contributed by atoms with Crippen LogP contribution < -0.4 is 10.1 Å². The first-order valence-corrected chi connectivity index (χ1v) is 9.65. The van der Waals surface area contributed by atoms with Crippen molar-refractivity contribution in [2.24, 2.45) is 4.99 Å². The lowest BCUT2D eigenvalue weighted by atomic mass is 10.00. The third kappa shape index (κ3) is 4.55.